The van der Waals surface area contributed by atoms with Crippen molar-refractivity contribution < 1.29 is 14.2 Å². The summed E-state index contributed by atoms with van der Waals surface area (Å²) in [5, 5.41) is 10.2. The van der Waals surface area contributed by atoms with Crippen LogP contribution in [0.15, 0.2) is 30.3 Å². The second-order valence-electron chi connectivity index (χ2n) is 6.49. The first-order valence-electron chi connectivity index (χ1n) is 7.09. The Morgan fingerprint density at radius 3 is 2.67 bits per heavy atom. The summed E-state index contributed by atoms with van der Waals surface area (Å²) in [4.78, 5) is 2.40. The maximum Gasteiger partial charge on any atom is 0.136 e. The van der Waals surface area contributed by atoms with Crippen LogP contribution in [0, 0.1) is 5.82 Å². The lowest BCUT2D eigenvalue weighted by atomic mass is 9.95. The van der Waals surface area contributed by atoms with Crippen molar-refractivity contribution in [2.75, 3.05) is 0 Å². The number of hydrogen-bond acceptors (Lipinski definition) is 3. The molecule has 0 spiro atoms. The van der Waals surface area contributed by atoms with Crippen molar-refractivity contribution >= 4 is 11.3 Å². The van der Waals surface area contributed by atoms with Gasteiger partial charge >= 0.3 is 0 Å². The molecule has 4 heteroatoms. The van der Waals surface area contributed by atoms with Gasteiger partial charge in [-0.25, -0.2) is 4.39 Å². The van der Waals surface area contributed by atoms with Crippen molar-refractivity contribution in [2.45, 2.75) is 44.8 Å². The van der Waals surface area contributed by atoms with Crippen LogP contribution in [0.2, 0.25) is 0 Å². The maximum atomic E-state index is 13.3. The normalized spacial score (nSPS) is 21.8. The standard InChI is InChI=1S/C17H19FO2S/c1-17(2,3)16-7-6-15(21-16)14-9-12(19)11-8-10(18)4-5-13(11)20-14/h4-8,12,14,19H,9H2,1-3H3/t12-,14?/m0/s1. The van der Waals surface area contributed by atoms with Gasteiger partial charge in [-0.15, -0.1) is 11.3 Å². The van der Waals surface area contributed by atoms with Crippen LogP contribution in [0.3, 0.4) is 0 Å². The molecule has 0 radical (unpaired) electrons. The second-order valence-corrected chi connectivity index (χ2v) is 7.61. The number of ether oxygens (including phenoxy) is 1. The van der Waals surface area contributed by atoms with Crippen molar-refractivity contribution in [3.63, 3.8) is 0 Å². The summed E-state index contributed by atoms with van der Waals surface area (Å²) in [5.41, 5.74) is 0.649. The van der Waals surface area contributed by atoms with E-state index >= 15 is 0 Å². The molecule has 3 rings (SSSR count). The average Bonchev–Trinajstić information content (AvgIpc) is 2.89. The topological polar surface area (TPSA) is 29.5 Å². The van der Waals surface area contributed by atoms with Crippen LogP contribution in [-0.4, -0.2) is 5.11 Å². The minimum atomic E-state index is -0.686. The van der Waals surface area contributed by atoms with Gasteiger partial charge < -0.3 is 9.84 Å². The van der Waals surface area contributed by atoms with Crippen molar-refractivity contribution in [2.24, 2.45) is 0 Å². The highest BCUT2D eigenvalue weighted by molar-refractivity contribution is 7.12. The van der Waals surface area contributed by atoms with Gasteiger partial charge in [0, 0.05) is 21.7 Å². The van der Waals surface area contributed by atoms with E-state index in [2.05, 4.69) is 32.9 Å². The lowest BCUT2D eigenvalue weighted by Gasteiger charge is -2.29. The van der Waals surface area contributed by atoms with E-state index in [1.54, 1.807) is 17.4 Å². The van der Waals surface area contributed by atoms with Gasteiger partial charge in [0.2, 0.25) is 0 Å². The number of fused-ring (bicyclic) bond motifs is 1. The van der Waals surface area contributed by atoms with E-state index in [9.17, 15) is 9.50 Å². The number of benzene rings is 1. The maximum absolute atomic E-state index is 13.3. The number of hydrogen-bond donors (Lipinski definition) is 1. The van der Waals surface area contributed by atoms with Crippen molar-refractivity contribution in [3.8, 4) is 5.75 Å². The van der Waals surface area contributed by atoms with Crippen LogP contribution in [0.5, 0.6) is 5.75 Å². The molecule has 1 unspecified atom stereocenters. The van der Waals surface area contributed by atoms with E-state index in [4.69, 9.17) is 4.74 Å². The summed E-state index contributed by atoms with van der Waals surface area (Å²) in [5.74, 6) is 0.229. The first-order valence-corrected chi connectivity index (χ1v) is 7.90. The molecule has 1 N–H and O–H groups in total. The number of aliphatic hydroxyl groups excluding tert-OH is 1. The summed E-state index contributed by atoms with van der Waals surface area (Å²) in [6, 6.07) is 8.50. The van der Waals surface area contributed by atoms with Gasteiger partial charge in [-0.3, -0.25) is 0 Å². The number of halogens is 1. The van der Waals surface area contributed by atoms with Crippen molar-refractivity contribution in [1.82, 2.24) is 0 Å². The third-order valence-corrected chi connectivity index (χ3v) is 5.32. The molecule has 1 aliphatic rings. The fraction of sp³-hybridized carbons (Fsp3) is 0.412. The molecular formula is C17H19FO2S. The van der Waals surface area contributed by atoms with E-state index in [0.29, 0.717) is 17.7 Å². The number of rotatable bonds is 1. The summed E-state index contributed by atoms with van der Waals surface area (Å²) in [6.45, 7) is 6.53. The molecule has 0 saturated heterocycles. The quantitative estimate of drug-likeness (QED) is 0.824. The largest absolute Gasteiger partial charge is 0.484 e. The molecule has 21 heavy (non-hydrogen) atoms. The summed E-state index contributed by atoms with van der Waals surface area (Å²) in [6.07, 6.45) is -0.394. The van der Waals surface area contributed by atoms with E-state index < -0.39 is 6.10 Å². The Morgan fingerprint density at radius 1 is 1.24 bits per heavy atom. The SMILES string of the molecule is CC(C)(C)c1ccc(C2C[C@H](O)c3cc(F)ccc3O2)s1. The Morgan fingerprint density at radius 2 is 2.00 bits per heavy atom. The highest BCUT2D eigenvalue weighted by atomic mass is 32.1. The Hall–Kier alpha value is -1.39. The molecule has 0 amide bonds. The van der Waals surface area contributed by atoms with Gasteiger partial charge in [0.1, 0.15) is 17.7 Å². The number of thiophene rings is 1. The smallest absolute Gasteiger partial charge is 0.136 e. The highest BCUT2D eigenvalue weighted by Crippen LogP contribution is 2.43. The Bertz CT molecular complexity index is 657. The lowest BCUT2D eigenvalue weighted by Crippen LogP contribution is -2.18. The third-order valence-electron chi connectivity index (χ3n) is 3.72. The summed E-state index contributed by atoms with van der Waals surface area (Å²) in [7, 11) is 0. The van der Waals surface area contributed by atoms with E-state index in [1.807, 2.05) is 0 Å². The molecule has 1 aromatic carbocycles. The zero-order chi connectivity index (χ0) is 15.2. The van der Waals surface area contributed by atoms with Crippen LogP contribution in [0.4, 0.5) is 4.39 Å². The van der Waals surface area contributed by atoms with Gasteiger partial charge in [0.25, 0.3) is 0 Å². The molecule has 2 atom stereocenters. The third kappa shape index (κ3) is 2.83. The highest BCUT2D eigenvalue weighted by Gasteiger charge is 2.30. The Labute approximate surface area is 128 Å². The summed E-state index contributed by atoms with van der Waals surface area (Å²) >= 11 is 1.72. The Balaban J connectivity index is 1.89. The molecular weight excluding hydrogens is 287 g/mol. The molecule has 1 aliphatic heterocycles. The molecule has 2 heterocycles. The van der Waals surface area contributed by atoms with Gasteiger partial charge in [-0.2, -0.15) is 0 Å². The predicted octanol–water partition coefficient (Wildman–Crippen LogP) is 4.74. The van der Waals surface area contributed by atoms with Gasteiger partial charge in [0.05, 0.1) is 6.10 Å². The van der Waals surface area contributed by atoms with Crippen molar-refractivity contribution in [3.05, 3.63) is 51.5 Å². The monoisotopic (exact) mass is 306 g/mol. The minimum absolute atomic E-state index is 0.108. The molecule has 0 aliphatic carbocycles. The lowest BCUT2D eigenvalue weighted by molar-refractivity contribution is 0.0670. The Kier molecular flexibility index (Phi) is 3.54. The molecule has 0 fully saturated rings. The van der Waals surface area contributed by atoms with Crippen LogP contribution >= 0.6 is 11.3 Å². The second kappa shape index (κ2) is 5.11. The molecule has 0 saturated carbocycles. The van der Waals surface area contributed by atoms with E-state index in [-0.39, 0.29) is 17.3 Å². The first-order chi connectivity index (χ1) is 9.84. The van der Waals surface area contributed by atoms with E-state index in [1.165, 1.54) is 17.0 Å². The summed E-state index contributed by atoms with van der Waals surface area (Å²) < 4.78 is 19.2. The molecule has 2 nitrogen and oxygen atoms in total. The average molecular weight is 306 g/mol. The van der Waals surface area contributed by atoms with Crippen LogP contribution in [-0.2, 0) is 5.41 Å². The minimum Gasteiger partial charge on any atom is -0.484 e. The van der Waals surface area contributed by atoms with E-state index in [0.717, 1.165) is 4.88 Å². The first kappa shape index (κ1) is 14.5. The van der Waals surface area contributed by atoms with Crippen LogP contribution in [0.1, 0.15) is 54.7 Å². The number of aliphatic hydroxyl groups is 1. The molecule has 0 bridgehead atoms. The zero-order valence-corrected chi connectivity index (χ0v) is 13.2. The van der Waals surface area contributed by atoms with Gasteiger partial charge in [-0.1, -0.05) is 20.8 Å². The fourth-order valence-corrected chi connectivity index (χ4v) is 3.63. The molecule has 1 aromatic heterocycles. The fourth-order valence-electron chi connectivity index (χ4n) is 2.52. The zero-order valence-electron chi connectivity index (χ0n) is 12.4. The predicted molar refractivity (Wildman–Crippen MR) is 82.4 cm³/mol. The van der Waals surface area contributed by atoms with Gasteiger partial charge in [-0.05, 0) is 35.7 Å². The van der Waals surface area contributed by atoms with Crippen molar-refractivity contribution in [1.29, 1.82) is 0 Å². The van der Waals surface area contributed by atoms with Crippen LogP contribution < -0.4 is 4.74 Å². The van der Waals surface area contributed by atoms with Crippen LogP contribution in [0.25, 0.3) is 0 Å². The van der Waals surface area contributed by atoms with Gasteiger partial charge in [0.15, 0.2) is 0 Å². The molecule has 2 aromatic rings. The molecule has 112 valence electrons.